The van der Waals surface area contributed by atoms with E-state index in [4.69, 9.17) is 0 Å². The maximum absolute atomic E-state index is 11.8. The van der Waals surface area contributed by atoms with E-state index in [-0.39, 0.29) is 12.3 Å². The zero-order chi connectivity index (χ0) is 16.7. The van der Waals surface area contributed by atoms with Crippen molar-refractivity contribution in [3.63, 3.8) is 0 Å². The van der Waals surface area contributed by atoms with Crippen LogP contribution in [0.4, 0.5) is 0 Å². The number of hydrogen-bond donors (Lipinski definition) is 2. The summed E-state index contributed by atoms with van der Waals surface area (Å²) < 4.78 is 0. The standard InChI is InChI=1S/C19H21NO3/c1-2-3-4-9-18(21)20-17(19(22)23)13-14-10-11-15-7-5-6-8-16(15)12-14/h4-12,17H,2-3,13H2,1H3,(H,20,21)(H,22,23)/t17-/m0/s1. The molecule has 23 heavy (non-hydrogen) atoms. The molecule has 0 unspecified atom stereocenters. The molecule has 0 aromatic heterocycles. The molecule has 4 heteroatoms. The molecule has 2 N–H and O–H groups in total. The molecule has 2 aromatic carbocycles. The predicted octanol–water partition coefficient (Wildman–Crippen LogP) is 3.31. The van der Waals surface area contributed by atoms with Crippen molar-refractivity contribution in [1.82, 2.24) is 5.32 Å². The van der Waals surface area contributed by atoms with Crippen LogP contribution < -0.4 is 5.32 Å². The highest BCUT2D eigenvalue weighted by atomic mass is 16.4. The number of benzene rings is 2. The molecule has 0 fully saturated rings. The molecule has 0 heterocycles. The SMILES string of the molecule is CCCC=CC(=O)N[C@@H](Cc1ccc2ccccc2c1)C(=O)O. The third-order valence-electron chi connectivity index (χ3n) is 3.59. The summed E-state index contributed by atoms with van der Waals surface area (Å²) in [7, 11) is 0. The zero-order valence-corrected chi connectivity index (χ0v) is 13.2. The summed E-state index contributed by atoms with van der Waals surface area (Å²) in [5, 5.41) is 14.0. The Bertz CT molecular complexity index is 721. The first-order valence-corrected chi connectivity index (χ1v) is 7.77. The second-order valence-electron chi connectivity index (χ2n) is 5.48. The average Bonchev–Trinajstić information content (AvgIpc) is 2.54. The molecule has 0 aliphatic rings. The second-order valence-corrected chi connectivity index (χ2v) is 5.48. The Labute approximate surface area is 135 Å². The first-order chi connectivity index (χ1) is 11.1. The third kappa shape index (κ3) is 4.95. The lowest BCUT2D eigenvalue weighted by molar-refractivity contribution is -0.141. The number of allylic oxidation sites excluding steroid dienone is 1. The van der Waals surface area contributed by atoms with Gasteiger partial charge in [-0.3, -0.25) is 4.79 Å². The summed E-state index contributed by atoms with van der Waals surface area (Å²) in [6.07, 6.45) is 5.16. The Morgan fingerprint density at radius 3 is 2.61 bits per heavy atom. The molecular weight excluding hydrogens is 290 g/mol. The molecule has 1 amide bonds. The van der Waals surface area contributed by atoms with Crippen LogP contribution in [-0.4, -0.2) is 23.0 Å². The quantitative estimate of drug-likeness (QED) is 0.771. The Morgan fingerprint density at radius 1 is 1.17 bits per heavy atom. The molecule has 0 aliphatic carbocycles. The molecule has 120 valence electrons. The van der Waals surface area contributed by atoms with Crippen LogP contribution in [0.1, 0.15) is 25.3 Å². The Hall–Kier alpha value is -2.62. The maximum atomic E-state index is 11.8. The van der Waals surface area contributed by atoms with Crippen molar-refractivity contribution >= 4 is 22.6 Å². The van der Waals surface area contributed by atoms with Gasteiger partial charge in [-0.1, -0.05) is 61.9 Å². The average molecular weight is 311 g/mol. The lowest BCUT2D eigenvalue weighted by Gasteiger charge is -2.14. The van der Waals surface area contributed by atoms with Crippen LogP contribution >= 0.6 is 0 Å². The number of nitrogens with one attached hydrogen (secondary N) is 1. The highest BCUT2D eigenvalue weighted by molar-refractivity contribution is 5.91. The molecule has 0 radical (unpaired) electrons. The highest BCUT2D eigenvalue weighted by Crippen LogP contribution is 2.16. The van der Waals surface area contributed by atoms with Gasteiger partial charge in [-0.25, -0.2) is 4.79 Å². The summed E-state index contributed by atoms with van der Waals surface area (Å²) in [4.78, 5) is 23.2. The predicted molar refractivity (Wildman–Crippen MR) is 91.3 cm³/mol. The lowest BCUT2D eigenvalue weighted by atomic mass is 10.0. The van der Waals surface area contributed by atoms with E-state index in [2.05, 4.69) is 5.32 Å². The summed E-state index contributed by atoms with van der Waals surface area (Å²) in [6, 6.07) is 12.8. The maximum Gasteiger partial charge on any atom is 0.326 e. The van der Waals surface area contributed by atoms with Crippen molar-refractivity contribution in [2.75, 3.05) is 0 Å². The molecule has 0 saturated heterocycles. The van der Waals surface area contributed by atoms with E-state index >= 15 is 0 Å². The summed E-state index contributed by atoms with van der Waals surface area (Å²) in [5.74, 6) is -1.40. The number of carboxylic acid groups (broad SMARTS) is 1. The van der Waals surface area contributed by atoms with Gasteiger partial charge in [0.1, 0.15) is 6.04 Å². The first-order valence-electron chi connectivity index (χ1n) is 7.77. The van der Waals surface area contributed by atoms with Crippen molar-refractivity contribution in [2.24, 2.45) is 0 Å². The molecular formula is C19H21NO3. The van der Waals surface area contributed by atoms with E-state index in [9.17, 15) is 14.7 Å². The van der Waals surface area contributed by atoms with Gasteiger partial charge in [-0.2, -0.15) is 0 Å². The van der Waals surface area contributed by atoms with Crippen molar-refractivity contribution in [1.29, 1.82) is 0 Å². The largest absolute Gasteiger partial charge is 0.480 e. The van der Waals surface area contributed by atoms with Crippen molar-refractivity contribution < 1.29 is 14.7 Å². The first kappa shape index (κ1) is 16.7. The van der Waals surface area contributed by atoms with Gasteiger partial charge in [0, 0.05) is 6.42 Å². The van der Waals surface area contributed by atoms with E-state index in [0.29, 0.717) is 0 Å². The van der Waals surface area contributed by atoms with Crippen LogP contribution in [0.2, 0.25) is 0 Å². The van der Waals surface area contributed by atoms with Gasteiger partial charge in [-0.15, -0.1) is 0 Å². The van der Waals surface area contributed by atoms with Crippen molar-refractivity contribution in [3.8, 4) is 0 Å². The molecule has 4 nitrogen and oxygen atoms in total. The molecule has 1 atom stereocenters. The molecule has 2 rings (SSSR count). The molecule has 0 bridgehead atoms. The van der Waals surface area contributed by atoms with E-state index in [1.807, 2.05) is 49.4 Å². The van der Waals surface area contributed by atoms with E-state index in [0.717, 1.165) is 29.2 Å². The van der Waals surface area contributed by atoms with Crippen LogP contribution in [0.15, 0.2) is 54.6 Å². The number of rotatable bonds is 7. The van der Waals surface area contributed by atoms with E-state index < -0.39 is 12.0 Å². The number of fused-ring (bicyclic) bond motifs is 1. The fourth-order valence-electron chi connectivity index (χ4n) is 2.38. The smallest absolute Gasteiger partial charge is 0.326 e. The van der Waals surface area contributed by atoms with Gasteiger partial charge in [0.2, 0.25) is 5.91 Å². The van der Waals surface area contributed by atoms with Crippen LogP contribution in [0, 0.1) is 0 Å². The zero-order valence-electron chi connectivity index (χ0n) is 13.2. The summed E-state index contributed by atoms with van der Waals surface area (Å²) in [5.41, 5.74) is 0.883. The minimum Gasteiger partial charge on any atom is -0.480 e. The van der Waals surface area contributed by atoms with Crippen LogP contribution in [0.25, 0.3) is 10.8 Å². The summed E-state index contributed by atoms with van der Waals surface area (Å²) >= 11 is 0. The molecule has 0 aliphatic heterocycles. The van der Waals surface area contributed by atoms with E-state index in [1.54, 1.807) is 6.08 Å². The van der Waals surface area contributed by atoms with Crippen LogP contribution in [0.5, 0.6) is 0 Å². The Kier molecular flexibility index (Phi) is 5.92. The number of amides is 1. The van der Waals surface area contributed by atoms with Crippen LogP contribution in [-0.2, 0) is 16.0 Å². The fraction of sp³-hybridized carbons (Fsp3) is 0.263. The number of carbonyl (C=O) groups is 2. The number of carbonyl (C=O) groups excluding carboxylic acids is 1. The van der Waals surface area contributed by atoms with Gasteiger partial charge < -0.3 is 10.4 Å². The normalized spacial score (nSPS) is 12.4. The van der Waals surface area contributed by atoms with Crippen LogP contribution in [0.3, 0.4) is 0 Å². The van der Waals surface area contributed by atoms with E-state index in [1.165, 1.54) is 6.08 Å². The number of hydrogen-bond acceptors (Lipinski definition) is 2. The van der Waals surface area contributed by atoms with Gasteiger partial charge in [0.15, 0.2) is 0 Å². The number of aliphatic carboxylic acids is 1. The molecule has 0 saturated carbocycles. The lowest BCUT2D eigenvalue weighted by Crippen LogP contribution is -2.41. The second kappa shape index (κ2) is 8.13. The van der Waals surface area contributed by atoms with Gasteiger partial charge in [0.05, 0.1) is 0 Å². The molecule has 2 aromatic rings. The highest BCUT2D eigenvalue weighted by Gasteiger charge is 2.19. The van der Waals surface area contributed by atoms with Gasteiger partial charge in [-0.05, 0) is 28.8 Å². The molecule has 0 spiro atoms. The number of unbranched alkanes of at least 4 members (excludes halogenated alkanes) is 1. The minimum absolute atomic E-state index is 0.257. The van der Waals surface area contributed by atoms with Gasteiger partial charge >= 0.3 is 5.97 Å². The Balaban J connectivity index is 2.08. The fourth-order valence-corrected chi connectivity index (χ4v) is 2.38. The van der Waals surface area contributed by atoms with Gasteiger partial charge in [0.25, 0.3) is 0 Å². The monoisotopic (exact) mass is 311 g/mol. The topological polar surface area (TPSA) is 66.4 Å². The minimum atomic E-state index is -1.03. The van der Waals surface area contributed by atoms with Crippen molar-refractivity contribution in [3.05, 3.63) is 60.2 Å². The summed E-state index contributed by atoms with van der Waals surface area (Å²) in [6.45, 7) is 2.02. The number of carboxylic acids is 1. The third-order valence-corrected chi connectivity index (χ3v) is 3.59. The Morgan fingerprint density at radius 2 is 1.91 bits per heavy atom. The van der Waals surface area contributed by atoms with Crippen molar-refractivity contribution in [2.45, 2.75) is 32.2 Å².